The quantitative estimate of drug-likeness (QED) is 0.500. The molecule has 3 N–H and O–H groups in total. The fraction of sp³-hybridized carbons (Fsp3) is 0.533. The first kappa shape index (κ1) is 14.7. The van der Waals surface area contributed by atoms with Gasteiger partial charge >= 0.3 is 0 Å². The van der Waals surface area contributed by atoms with Gasteiger partial charge in [0.15, 0.2) is 11.5 Å². The molecule has 0 saturated carbocycles. The number of hydrazine groups is 1. The number of carbonyl (C=O) groups is 1. The zero-order chi connectivity index (χ0) is 15.0. The summed E-state index contributed by atoms with van der Waals surface area (Å²) in [6.45, 7) is 7.88. The summed E-state index contributed by atoms with van der Waals surface area (Å²) in [6, 6.07) is 5.83. The maximum Gasteiger partial charge on any atom is 0.242 e. The van der Waals surface area contributed by atoms with Crippen LogP contribution in [-0.2, 0) is 11.2 Å². The third-order valence-electron chi connectivity index (χ3n) is 3.39. The standard InChI is InChI=1S/C15H22N2O3/c1-14(2,13(18)17-16)9-19-11-7-5-6-10-8-15(3,4)20-12(10)11/h5-7H,8-9,16H2,1-4H3,(H,17,18). The van der Waals surface area contributed by atoms with E-state index in [9.17, 15) is 4.79 Å². The molecule has 0 atom stereocenters. The van der Waals surface area contributed by atoms with Crippen molar-refractivity contribution in [3.05, 3.63) is 23.8 Å². The van der Waals surface area contributed by atoms with Crippen LogP contribution in [0.15, 0.2) is 18.2 Å². The second-order valence-electron chi connectivity index (χ2n) is 6.43. The SMILES string of the molecule is CC1(C)Cc2cccc(OCC(C)(C)C(=O)NN)c2O1. The molecule has 5 heteroatoms. The molecule has 0 unspecified atom stereocenters. The molecule has 1 aliphatic rings. The van der Waals surface area contributed by atoms with Crippen LogP contribution in [0.4, 0.5) is 0 Å². The molecule has 110 valence electrons. The molecule has 1 aliphatic heterocycles. The van der Waals surface area contributed by atoms with E-state index in [4.69, 9.17) is 15.3 Å². The Morgan fingerprint density at radius 1 is 1.50 bits per heavy atom. The van der Waals surface area contributed by atoms with Crippen LogP contribution in [0.25, 0.3) is 0 Å². The lowest BCUT2D eigenvalue weighted by Gasteiger charge is -2.23. The highest BCUT2D eigenvalue weighted by molar-refractivity contribution is 5.81. The lowest BCUT2D eigenvalue weighted by Crippen LogP contribution is -2.44. The number of ether oxygens (including phenoxy) is 2. The van der Waals surface area contributed by atoms with Crippen molar-refractivity contribution in [2.45, 2.75) is 39.7 Å². The third kappa shape index (κ3) is 2.88. The van der Waals surface area contributed by atoms with Gasteiger partial charge in [0.05, 0.1) is 5.41 Å². The summed E-state index contributed by atoms with van der Waals surface area (Å²) >= 11 is 0. The fourth-order valence-electron chi connectivity index (χ4n) is 2.22. The van der Waals surface area contributed by atoms with Crippen LogP contribution in [0.1, 0.15) is 33.3 Å². The predicted octanol–water partition coefficient (Wildman–Crippen LogP) is 1.79. The van der Waals surface area contributed by atoms with Crippen LogP contribution in [0.3, 0.4) is 0 Å². The van der Waals surface area contributed by atoms with Crippen LogP contribution >= 0.6 is 0 Å². The van der Waals surface area contributed by atoms with Crippen molar-refractivity contribution >= 4 is 5.91 Å². The number of hydrogen-bond acceptors (Lipinski definition) is 4. The van der Waals surface area contributed by atoms with Gasteiger partial charge in [0.25, 0.3) is 0 Å². The molecule has 0 radical (unpaired) electrons. The second kappa shape index (κ2) is 4.98. The summed E-state index contributed by atoms with van der Waals surface area (Å²) in [7, 11) is 0. The first-order valence-corrected chi connectivity index (χ1v) is 6.70. The van der Waals surface area contributed by atoms with Crippen LogP contribution in [-0.4, -0.2) is 18.1 Å². The Morgan fingerprint density at radius 2 is 2.20 bits per heavy atom. The zero-order valence-corrected chi connectivity index (χ0v) is 12.4. The Kier molecular flexibility index (Phi) is 3.65. The van der Waals surface area contributed by atoms with E-state index in [1.165, 1.54) is 0 Å². The molecule has 0 spiro atoms. The highest BCUT2D eigenvalue weighted by Crippen LogP contribution is 2.42. The van der Waals surface area contributed by atoms with Gasteiger partial charge < -0.3 is 9.47 Å². The van der Waals surface area contributed by atoms with Gasteiger partial charge in [0.1, 0.15) is 12.2 Å². The number of hydrogen-bond donors (Lipinski definition) is 2. The van der Waals surface area contributed by atoms with E-state index in [-0.39, 0.29) is 18.1 Å². The summed E-state index contributed by atoms with van der Waals surface area (Å²) < 4.78 is 11.7. The van der Waals surface area contributed by atoms with E-state index in [0.717, 1.165) is 17.7 Å². The first-order valence-electron chi connectivity index (χ1n) is 6.70. The van der Waals surface area contributed by atoms with Gasteiger partial charge in [-0.05, 0) is 33.8 Å². The van der Waals surface area contributed by atoms with Gasteiger partial charge in [-0.15, -0.1) is 0 Å². The molecule has 5 nitrogen and oxygen atoms in total. The van der Waals surface area contributed by atoms with E-state index in [0.29, 0.717) is 5.75 Å². The van der Waals surface area contributed by atoms with E-state index < -0.39 is 5.41 Å². The number of benzene rings is 1. The maximum absolute atomic E-state index is 11.6. The average molecular weight is 278 g/mol. The number of carbonyl (C=O) groups excluding carboxylic acids is 1. The summed E-state index contributed by atoms with van der Waals surface area (Å²) in [5.41, 5.74) is 2.37. The zero-order valence-electron chi connectivity index (χ0n) is 12.4. The normalized spacial score (nSPS) is 16.2. The lowest BCUT2D eigenvalue weighted by molar-refractivity contribution is -0.130. The minimum atomic E-state index is -0.703. The number of nitrogens with one attached hydrogen (secondary N) is 1. The largest absolute Gasteiger partial charge is 0.489 e. The fourth-order valence-corrected chi connectivity index (χ4v) is 2.22. The van der Waals surface area contributed by atoms with Gasteiger partial charge in [0.2, 0.25) is 5.91 Å². The number of rotatable bonds is 4. The van der Waals surface area contributed by atoms with Crippen molar-refractivity contribution in [3.63, 3.8) is 0 Å². The Morgan fingerprint density at radius 3 is 2.85 bits per heavy atom. The Hall–Kier alpha value is -1.75. The molecule has 0 bridgehead atoms. The Bertz CT molecular complexity index is 524. The van der Waals surface area contributed by atoms with Crippen LogP contribution < -0.4 is 20.7 Å². The smallest absolute Gasteiger partial charge is 0.242 e. The third-order valence-corrected chi connectivity index (χ3v) is 3.39. The van der Waals surface area contributed by atoms with E-state index >= 15 is 0 Å². The Labute approximate surface area is 119 Å². The summed E-state index contributed by atoms with van der Waals surface area (Å²) in [6.07, 6.45) is 0.853. The predicted molar refractivity (Wildman–Crippen MR) is 76.5 cm³/mol. The highest BCUT2D eigenvalue weighted by atomic mass is 16.5. The summed E-state index contributed by atoms with van der Waals surface area (Å²) in [5, 5.41) is 0. The summed E-state index contributed by atoms with van der Waals surface area (Å²) in [5.74, 6) is 6.37. The lowest BCUT2D eigenvalue weighted by atomic mass is 9.94. The van der Waals surface area contributed by atoms with Crippen LogP contribution in [0.5, 0.6) is 11.5 Å². The average Bonchev–Trinajstić information content (AvgIpc) is 2.69. The van der Waals surface area contributed by atoms with Crippen LogP contribution in [0, 0.1) is 5.41 Å². The maximum atomic E-state index is 11.6. The molecule has 0 aromatic heterocycles. The van der Waals surface area contributed by atoms with Crippen molar-refractivity contribution < 1.29 is 14.3 Å². The molecule has 1 aromatic rings. The van der Waals surface area contributed by atoms with Gasteiger partial charge in [-0.2, -0.15) is 0 Å². The van der Waals surface area contributed by atoms with Gasteiger partial charge in [-0.1, -0.05) is 12.1 Å². The van der Waals surface area contributed by atoms with Crippen molar-refractivity contribution in [1.29, 1.82) is 0 Å². The molecule has 2 rings (SSSR count). The van der Waals surface area contributed by atoms with Crippen LogP contribution in [0.2, 0.25) is 0 Å². The van der Waals surface area contributed by atoms with Gasteiger partial charge in [-0.3, -0.25) is 10.2 Å². The number of fused-ring (bicyclic) bond motifs is 1. The monoisotopic (exact) mass is 278 g/mol. The van der Waals surface area contributed by atoms with E-state index in [1.807, 2.05) is 32.0 Å². The molecule has 0 fully saturated rings. The van der Waals surface area contributed by atoms with Crippen molar-refractivity contribution in [3.8, 4) is 11.5 Å². The topological polar surface area (TPSA) is 73.6 Å². The number of amides is 1. The first-order chi connectivity index (χ1) is 9.25. The molecule has 1 heterocycles. The highest BCUT2D eigenvalue weighted by Gasteiger charge is 2.33. The number of para-hydroxylation sites is 1. The molecule has 0 saturated heterocycles. The van der Waals surface area contributed by atoms with Crippen molar-refractivity contribution in [2.75, 3.05) is 6.61 Å². The van der Waals surface area contributed by atoms with Crippen molar-refractivity contribution in [2.24, 2.45) is 11.3 Å². The molecule has 0 aliphatic carbocycles. The molecule has 1 amide bonds. The minimum absolute atomic E-state index is 0.216. The van der Waals surface area contributed by atoms with Crippen molar-refractivity contribution in [1.82, 2.24) is 5.43 Å². The summed E-state index contributed by atoms with van der Waals surface area (Å²) in [4.78, 5) is 11.6. The number of nitrogens with two attached hydrogens (primary N) is 1. The molecule has 1 aromatic carbocycles. The van der Waals surface area contributed by atoms with Gasteiger partial charge in [-0.25, -0.2) is 5.84 Å². The minimum Gasteiger partial charge on any atom is -0.489 e. The van der Waals surface area contributed by atoms with E-state index in [2.05, 4.69) is 5.43 Å². The molecular formula is C15H22N2O3. The Balaban J connectivity index is 2.13. The second-order valence-corrected chi connectivity index (χ2v) is 6.43. The molecular weight excluding hydrogens is 256 g/mol. The van der Waals surface area contributed by atoms with Gasteiger partial charge in [0, 0.05) is 12.0 Å². The van der Waals surface area contributed by atoms with E-state index in [1.54, 1.807) is 13.8 Å². The molecule has 20 heavy (non-hydrogen) atoms.